The van der Waals surface area contributed by atoms with E-state index in [-0.39, 0.29) is 6.54 Å². The summed E-state index contributed by atoms with van der Waals surface area (Å²) >= 11 is 5.76. The Morgan fingerprint density at radius 1 is 1.50 bits per heavy atom. The highest BCUT2D eigenvalue weighted by Gasteiger charge is 2.18. The van der Waals surface area contributed by atoms with E-state index in [0.717, 1.165) is 29.2 Å². The van der Waals surface area contributed by atoms with Gasteiger partial charge in [-0.05, 0) is 13.8 Å². The van der Waals surface area contributed by atoms with Crippen LogP contribution in [0.2, 0.25) is 0 Å². The molecule has 2 rings (SSSR count). The zero-order valence-corrected chi connectivity index (χ0v) is 11.2. The van der Waals surface area contributed by atoms with E-state index >= 15 is 0 Å². The molecule has 0 saturated heterocycles. The molecule has 0 radical (unpaired) electrons. The molecule has 0 spiro atoms. The number of aromatic nitrogens is 4. The van der Waals surface area contributed by atoms with E-state index in [9.17, 15) is 4.79 Å². The molecule has 2 aromatic heterocycles. The zero-order valence-electron chi connectivity index (χ0n) is 10.5. The monoisotopic (exact) mass is 269 g/mol. The maximum Gasteiger partial charge on any atom is 0.237 e. The van der Waals surface area contributed by atoms with Gasteiger partial charge in [0.25, 0.3) is 0 Å². The van der Waals surface area contributed by atoms with E-state index in [0.29, 0.717) is 12.3 Å². The minimum atomic E-state index is -0.397. The normalized spacial score (nSPS) is 11.3. The number of hydrogen-bond donors (Lipinski definition) is 1. The maximum atomic E-state index is 11.2. The highest BCUT2D eigenvalue weighted by Crippen LogP contribution is 2.20. The molecule has 6 nitrogen and oxygen atoms in total. The van der Waals surface area contributed by atoms with Crippen molar-refractivity contribution in [2.75, 3.05) is 5.88 Å². The lowest BCUT2D eigenvalue weighted by atomic mass is 10.4. The van der Waals surface area contributed by atoms with Crippen LogP contribution in [0.1, 0.15) is 18.4 Å². The summed E-state index contributed by atoms with van der Waals surface area (Å²) in [5.74, 6) is 0.838. The average Bonchev–Trinajstić information content (AvgIpc) is 2.79. The van der Waals surface area contributed by atoms with Gasteiger partial charge >= 0.3 is 0 Å². The summed E-state index contributed by atoms with van der Waals surface area (Å²) in [4.78, 5) is 15.7. The van der Waals surface area contributed by atoms with Crippen LogP contribution in [0.15, 0.2) is 0 Å². The lowest BCUT2D eigenvalue weighted by Gasteiger charge is -2.07. The highest BCUT2D eigenvalue weighted by molar-refractivity contribution is 6.17. The SMILES string of the molecule is CCn1nc(C)c2nc(CCCl)n(CC(N)=O)c21. The number of halogens is 1. The van der Waals surface area contributed by atoms with Gasteiger partial charge in [0.05, 0.1) is 5.69 Å². The number of nitrogens with two attached hydrogens (primary N) is 1. The van der Waals surface area contributed by atoms with Crippen molar-refractivity contribution in [3.05, 3.63) is 11.5 Å². The molecule has 18 heavy (non-hydrogen) atoms. The van der Waals surface area contributed by atoms with Crippen LogP contribution in [-0.4, -0.2) is 31.1 Å². The van der Waals surface area contributed by atoms with Crippen LogP contribution in [0.5, 0.6) is 0 Å². The molecule has 0 aliphatic carbocycles. The molecule has 2 N–H and O–H groups in total. The number of fused-ring (bicyclic) bond motifs is 1. The fourth-order valence-corrected chi connectivity index (χ4v) is 2.26. The van der Waals surface area contributed by atoms with Crippen LogP contribution >= 0.6 is 11.6 Å². The van der Waals surface area contributed by atoms with Gasteiger partial charge in [-0.1, -0.05) is 0 Å². The fraction of sp³-hybridized carbons (Fsp3) is 0.545. The Bertz CT molecular complexity index is 586. The van der Waals surface area contributed by atoms with Gasteiger partial charge in [0.2, 0.25) is 5.91 Å². The smallest absolute Gasteiger partial charge is 0.237 e. The lowest BCUT2D eigenvalue weighted by molar-refractivity contribution is -0.118. The molecule has 2 heterocycles. The van der Waals surface area contributed by atoms with Gasteiger partial charge in [0.15, 0.2) is 5.65 Å². The summed E-state index contributed by atoms with van der Waals surface area (Å²) in [7, 11) is 0. The van der Waals surface area contributed by atoms with E-state index in [4.69, 9.17) is 17.3 Å². The zero-order chi connectivity index (χ0) is 13.3. The van der Waals surface area contributed by atoms with E-state index in [2.05, 4.69) is 10.1 Å². The van der Waals surface area contributed by atoms with Crippen molar-refractivity contribution in [1.29, 1.82) is 0 Å². The van der Waals surface area contributed by atoms with Crippen LogP contribution < -0.4 is 5.73 Å². The maximum absolute atomic E-state index is 11.2. The minimum Gasteiger partial charge on any atom is -0.368 e. The van der Waals surface area contributed by atoms with Gasteiger partial charge in [-0.2, -0.15) is 5.10 Å². The Balaban J connectivity index is 2.65. The van der Waals surface area contributed by atoms with Crippen LogP contribution in [-0.2, 0) is 24.3 Å². The predicted octanol–water partition coefficient (Wildman–Crippen LogP) is 0.828. The first-order valence-corrected chi connectivity index (χ1v) is 6.38. The summed E-state index contributed by atoms with van der Waals surface area (Å²) < 4.78 is 3.64. The molecular formula is C11H16ClN5O. The van der Waals surface area contributed by atoms with Crippen LogP contribution in [0, 0.1) is 6.92 Å². The van der Waals surface area contributed by atoms with Crippen LogP contribution in [0.4, 0.5) is 0 Å². The first-order chi connectivity index (χ1) is 8.58. The Kier molecular flexibility index (Phi) is 3.56. The Morgan fingerprint density at radius 3 is 2.78 bits per heavy atom. The van der Waals surface area contributed by atoms with Gasteiger partial charge in [0, 0.05) is 18.8 Å². The highest BCUT2D eigenvalue weighted by atomic mass is 35.5. The minimum absolute atomic E-state index is 0.105. The third-order valence-electron chi connectivity index (χ3n) is 2.81. The van der Waals surface area contributed by atoms with Crippen molar-refractivity contribution in [3.63, 3.8) is 0 Å². The molecule has 1 amide bonds. The van der Waals surface area contributed by atoms with E-state index in [1.54, 1.807) is 0 Å². The average molecular weight is 270 g/mol. The van der Waals surface area contributed by atoms with Crippen LogP contribution in [0.25, 0.3) is 11.2 Å². The van der Waals surface area contributed by atoms with Crippen LogP contribution in [0.3, 0.4) is 0 Å². The second-order valence-electron chi connectivity index (χ2n) is 4.09. The third-order valence-corrected chi connectivity index (χ3v) is 3.00. The number of hydrogen-bond acceptors (Lipinski definition) is 3. The lowest BCUT2D eigenvalue weighted by Crippen LogP contribution is -2.21. The largest absolute Gasteiger partial charge is 0.368 e. The molecule has 2 aromatic rings. The van der Waals surface area contributed by atoms with Crippen molar-refractivity contribution in [2.45, 2.75) is 33.4 Å². The van der Waals surface area contributed by atoms with Crippen molar-refractivity contribution in [2.24, 2.45) is 5.73 Å². The molecule has 0 atom stereocenters. The number of aryl methyl sites for hydroxylation is 3. The summed E-state index contributed by atoms with van der Waals surface area (Å²) in [6.07, 6.45) is 0.604. The molecule has 98 valence electrons. The van der Waals surface area contributed by atoms with E-state index < -0.39 is 5.91 Å². The standard InChI is InChI=1S/C11H16ClN5O/c1-3-17-11-10(7(2)15-17)14-9(4-5-12)16(11)6-8(13)18/h3-6H2,1-2H3,(H2,13,18). The summed E-state index contributed by atoms with van der Waals surface area (Å²) in [5, 5.41) is 4.39. The molecule has 0 aliphatic heterocycles. The van der Waals surface area contributed by atoms with Gasteiger partial charge in [0.1, 0.15) is 17.9 Å². The molecule has 0 unspecified atom stereocenters. The number of carbonyl (C=O) groups excluding carboxylic acids is 1. The Hall–Kier alpha value is -1.56. The first kappa shape index (κ1) is 12.9. The quantitative estimate of drug-likeness (QED) is 0.817. The van der Waals surface area contributed by atoms with Gasteiger partial charge < -0.3 is 10.3 Å². The van der Waals surface area contributed by atoms with Gasteiger partial charge in [-0.15, -0.1) is 11.6 Å². The molecule has 0 aromatic carbocycles. The van der Waals surface area contributed by atoms with E-state index in [1.165, 1.54) is 0 Å². The Morgan fingerprint density at radius 2 is 2.22 bits per heavy atom. The van der Waals surface area contributed by atoms with Crippen molar-refractivity contribution >= 4 is 28.7 Å². The molecule has 7 heteroatoms. The number of amides is 1. The second kappa shape index (κ2) is 4.97. The summed E-state index contributed by atoms with van der Waals surface area (Å²) in [6, 6.07) is 0. The number of primary amides is 1. The van der Waals surface area contributed by atoms with Gasteiger partial charge in [-0.3, -0.25) is 4.79 Å². The number of nitrogens with zero attached hydrogens (tertiary/aromatic N) is 4. The van der Waals surface area contributed by atoms with E-state index in [1.807, 2.05) is 23.1 Å². The summed E-state index contributed by atoms with van der Waals surface area (Å²) in [6.45, 7) is 4.72. The van der Waals surface area contributed by atoms with Gasteiger partial charge in [-0.25, -0.2) is 9.67 Å². The molecular weight excluding hydrogens is 254 g/mol. The number of carbonyl (C=O) groups is 1. The number of rotatable bonds is 5. The van der Waals surface area contributed by atoms with Crippen molar-refractivity contribution in [3.8, 4) is 0 Å². The fourth-order valence-electron chi connectivity index (χ4n) is 2.09. The molecule has 0 aliphatic rings. The van der Waals surface area contributed by atoms with Crippen molar-refractivity contribution < 1.29 is 4.79 Å². The first-order valence-electron chi connectivity index (χ1n) is 5.85. The predicted molar refractivity (Wildman–Crippen MR) is 69.5 cm³/mol. The van der Waals surface area contributed by atoms with Crippen molar-refractivity contribution in [1.82, 2.24) is 19.3 Å². The topological polar surface area (TPSA) is 78.7 Å². The number of imidazole rings is 1. The second-order valence-corrected chi connectivity index (χ2v) is 4.47. The number of alkyl halides is 1. The third kappa shape index (κ3) is 2.08. The molecule has 0 fully saturated rings. The molecule has 0 bridgehead atoms. The summed E-state index contributed by atoms with van der Waals surface area (Å²) in [5.41, 5.74) is 7.80. The Labute approximate surface area is 110 Å². The molecule has 0 saturated carbocycles.